The number of sulfonamides is 1. The van der Waals surface area contributed by atoms with Crippen molar-refractivity contribution in [3.05, 3.63) is 47.6 Å². The van der Waals surface area contributed by atoms with Gasteiger partial charge in [-0.15, -0.1) is 10.2 Å². The first-order valence-corrected chi connectivity index (χ1v) is 11.1. The lowest BCUT2D eigenvalue weighted by Crippen LogP contribution is -2.19. The molecule has 8 nitrogen and oxygen atoms in total. The van der Waals surface area contributed by atoms with E-state index < -0.39 is 15.9 Å². The maximum Gasteiger partial charge on any atom is 0.287 e. The van der Waals surface area contributed by atoms with Crippen molar-refractivity contribution in [2.75, 3.05) is 11.0 Å². The highest BCUT2D eigenvalue weighted by Gasteiger charge is 2.26. The number of nitrogens with two attached hydrogens (primary N) is 1. The molecule has 0 saturated carbocycles. The van der Waals surface area contributed by atoms with Gasteiger partial charge in [-0.3, -0.25) is 14.1 Å². The van der Waals surface area contributed by atoms with Crippen LogP contribution in [0.5, 0.6) is 0 Å². The van der Waals surface area contributed by atoms with E-state index in [1.807, 2.05) is 0 Å². The first-order chi connectivity index (χ1) is 13.2. The molecule has 3 N–H and O–H groups in total. The van der Waals surface area contributed by atoms with Crippen LogP contribution < -0.4 is 10.5 Å². The second kappa shape index (κ2) is 7.75. The van der Waals surface area contributed by atoms with E-state index in [0.29, 0.717) is 23.1 Å². The molecule has 3 rings (SSSR count). The van der Waals surface area contributed by atoms with Gasteiger partial charge in [0.15, 0.2) is 0 Å². The van der Waals surface area contributed by atoms with Crippen LogP contribution in [0.2, 0.25) is 0 Å². The molecule has 1 atom stereocenters. The number of allylic oxidation sites excluding steroid dienone is 2. The molecule has 150 valence electrons. The van der Waals surface area contributed by atoms with Crippen LogP contribution in [0.15, 0.2) is 35.9 Å². The Morgan fingerprint density at radius 3 is 2.50 bits per heavy atom. The predicted molar refractivity (Wildman–Crippen MR) is 108 cm³/mol. The van der Waals surface area contributed by atoms with E-state index in [4.69, 9.17) is 5.73 Å². The van der Waals surface area contributed by atoms with Crippen molar-refractivity contribution in [1.29, 1.82) is 0 Å². The van der Waals surface area contributed by atoms with Crippen molar-refractivity contribution >= 4 is 21.6 Å². The molecule has 1 aliphatic rings. The summed E-state index contributed by atoms with van der Waals surface area (Å²) in [5, 5.41) is 8.29. The molecule has 0 bridgehead atoms. The van der Waals surface area contributed by atoms with Crippen LogP contribution in [0.3, 0.4) is 0 Å². The third-order valence-corrected chi connectivity index (χ3v) is 5.41. The van der Waals surface area contributed by atoms with Crippen LogP contribution in [0.25, 0.3) is 5.69 Å². The van der Waals surface area contributed by atoms with Gasteiger partial charge in [0.1, 0.15) is 5.82 Å². The Morgan fingerprint density at radius 2 is 1.93 bits per heavy atom. The maximum atomic E-state index is 11.9. The molecule has 1 aromatic carbocycles. The summed E-state index contributed by atoms with van der Waals surface area (Å²) in [5.74, 6) is 0.553. The number of nitrogens with one attached hydrogen (secondary N) is 1. The molecule has 0 radical (unpaired) electrons. The number of hydrogen-bond acceptors (Lipinski definition) is 5. The lowest BCUT2D eigenvalue weighted by atomic mass is 9.85. The molecule has 0 saturated heterocycles. The van der Waals surface area contributed by atoms with E-state index in [-0.39, 0.29) is 11.7 Å². The minimum Gasteiger partial charge on any atom is -0.363 e. The number of rotatable bonds is 6. The Hall–Kier alpha value is -2.68. The summed E-state index contributed by atoms with van der Waals surface area (Å²) in [6, 6.07) is 6.67. The molecule has 1 amide bonds. The molecule has 0 spiro atoms. The number of nitrogens with zero attached hydrogens (tertiary/aromatic N) is 3. The van der Waals surface area contributed by atoms with Gasteiger partial charge < -0.3 is 5.73 Å². The molecule has 0 aliphatic heterocycles. The van der Waals surface area contributed by atoms with Gasteiger partial charge in [0.25, 0.3) is 5.91 Å². The van der Waals surface area contributed by atoms with Crippen LogP contribution in [0, 0.1) is 5.92 Å². The molecule has 2 aromatic rings. The van der Waals surface area contributed by atoms with E-state index in [0.717, 1.165) is 25.5 Å². The number of primary amides is 1. The van der Waals surface area contributed by atoms with Crippen LogP contribution in [0.1, 0.15) is 55.5 Å². The Morgan fingerprint density at radius 1 is 1.25 bits per heavy atom. The Bertz CT molecular complexity index is 1010. The molecular weight excluding hydrogens is 378 g/mol. The first-order valence-electron chi connectivity index (χ1n) is 9.19. The maximum absolute atomic E-state index is 11.9. The predicted octanol–water partition coefficient (Wildman–Crippen LogP) is 2.59. The van der Waals surface area contributed by atoms with Gasteiger partial charge in [-0.25, -0.2) is 8.42 Å². The minimum atomic E-state index is -3.37. The van der Waals surface area contributed by atoms with Crippen LogP contribution in [0.4, 0.5) is 5.69 Å². The normalized spacial score (nSPS) is 17.4. The van der Waals surface area contributed by atoms with E-state index in [1.165, 1.54) is 5.57 Å². The molecule has 1 aromatic heterocycles. The second-order valence-electron chi connectivity index (χ2n) is 7.40. The van der Waals surface area contributed by atoms with Gasteiger partial charge in [0.05, 0.1) is 6.26 Å². The van der Waals surface area contributed by atoms with Gasteiger partial charge in [0, 0.05) is 17.3 Å². The number of aromatic nitrogens is 3. The van der Waals surface area contributed by atoms with Crippen molar-refractivity contribution in [2.45, 2.75) is 39.0 Å². The van der Waals surface area contributed by atoms with Gasteiger partial charge in [-0.2, -0.15) is 0 Å². The fraction of sp³-hybridized carbons (Fsp3) is 0.421. The summed E-state index contributed by atoms with van der Waals surface area (Å²) in [6.45, 7) is 4.34. The Balaban J connectivity index is 2.04. The highest BCUT2D eigenvalue weighted by Crippen LogP contribution is 2.34. The van der Waals surface area contributed by atoms with Gasteiger partial charge in [0.2, 0.25) is 15.8 Å². The zero-order chi connectivity index (χ0) is 20.5. The average molecular weight is 404 g/mol. The highest BCUT2D eigenvalue weighted by molar-refractivity contribution is 7.92. The SMILES string of the molecule is CC(C)C1=CC(c2nnc(C(N)=O)n2-c2ccc(NS(C)(=O)=O)cc2)CCC1. The van der Waals surface area contributed by atoms with E-state index >= 15 is 0 Å². The monoisotopic (exact) mass is 403 g/mol. The number of carbonyl (C=O) groups is 1. The third-order valence-electron chi connectivity index (χ3n) is 4.81. The number of carbonyl (C=O) groups excluding carboxylic acids is 1. The Kier molecular flexibility index (Phi) is 5.55. The van der Waals surface area contributed by atoms with Gasteiger partial charge >= 0.3 is 0 Å². The molecule has 1 aliphatic carbocycles. The topological polar surface area (TPSA) is 120 Å². The largest absolute Gasteiger partial charge is 0.363 e. The zero-order valence-electron chi connectivity index (χ0n) is 16.2. The molecule has 9 heteroatoms. The lowest BCUT2D eigenvalue weighted by molar-refractivity contribution is 0.0988. The zero-order valence-corrected chi connectivity index (χ0v) is 17.0. The van der Waals surface area contributed by atoms with E-state index in [2.05, 4.69) is 34.8 Å². The standard InChI is InChI=1S/C19H25N5O3S/c1-12(2)13-5-4-6-14(11-13)18-21-22-19(17(20)25)24(18)16-9-7-15(8-10-16)23-28(3,26)27/h7-12,14,23H,4-6H2,1-3H3,(H2,20,25). The fourth-order valence-corrected chi connectivity index (χ4v) is 4.04. The quantitative estimate of drug-likeness (QED) is 0.718. The van der Waals surface area contributed by atoms with Crippen LogP contribution >= 0.6 is 0 Å². The molecule has 28 heavy (non-hydrogen) atoms. The number of hydrogen-bond donors (Lipinski definition) is 2. The first kappa shape index (κ1) is 20.1. The lowest BCUT2D eigenvalue weighted by Gasteiger charge is -2.23. The van der Waals surface area contributed by atoms with Gasteiger partial charge in [-0.1, -0.05) is 25.5 Å². The second-order valence-corrected chi connectivity index (χ2v) is 9.15. The number of amides is 1. The minimum absolute atomic E-state index is 0.0422. The average Bonchev–Trinajstić information content (AvgIpc) is 3.06. The summed E-state index contributed by atoms with van der Waals surface area (Å²) in [6.07, 6.45) is 6.34. The number of anilines is 1. The van der Waals surface area contributed by atoms with Crippen molar-refractivity contribution in [3.63, 3.8) is 0 Å². The highest BCUT2D eigenvalue weighted by atomic mass is 32.2. The van der Waals surface area contributed by atoms with E-state index in [9.17, 15) is 13.2 Å². The summed E-state index contributed by atoms with van der Waals surface area (Å²) >= 11 is 0. The van der Waals surface area contributed by atoms with Crippen LogP contribution in [-0.4, -0.2) is 35.3 Å². The molecule has 1 heterocycles. The molecular formula is C19H25N5O3S. The summed E-state index contributed by atoms with van der Waals surface area (Å²) in [5.41, 5.74) is 7.97. The smallest absolute Gasteiger partial charge is 0.287 e. The van der Waals surface area contributed by atoms with Crippen LogP contribution in [-0.2, 0) is 10.0 Å². The summed E-state index contributed by atoms with van der Waals surface area (Å²) < 4.78 is 26.9. The van der Waals surface area contributed by atoms with E-state index in [1.54, 1.807) is 28.8 Å². The Labute approximate surface area is 164 Å². The fourth-order valence-electron chi connectivity index (χ4n) is 3.48. The van der Waals surface area contributed by atoms with Crippen molar-refractivity contribution < 1.29 is 13.2 Å². The summed E-state index contributed by atoms with van der Waals surface area (Å²) in [4.78, 5) is 11.9. The van der Waals surface area contributed by atoms with Crippen molar-refractivity contribution in [1.82, 2.24) is 14.8 Å². The van der Waals surface area contributed by atoms with Crippen molar-refractivity contribution in [3.8, 4) is 5.69 Å². The van der Waals surface area contributed by atoms with Crippen molar-refractivity contribution in [2.24, 2.45) is 11.7 Å². The summed E-state index contributed by atoms with van der Waals surface area (Å²) in [7, 11) is -3.37. The molecule has 1 unspecified atom stereocenters. The third kappa shape index (κ3) is 4.41. The number of benzene rings is 1. The van der Waals surface area contributed by atoms with Gasteiger partial charge in [-0.05, 0) is 49.4 Å². The molecule has 0 fully saturated rings.